The molecule has 0 amide bonds. The van der Waals surface area contributed by atoms with Crippen LogP contribution >= 0.6 is 0 Å². The number of fused-ring (bicyclic) bond motifs is 1. The first-order chi connectivity index (χ1) is 6.25. The summed E-state index contributed by atoms with van der Waals surface area (Å²) in [4.78, 5) is 11.2. The molecule has 1 aliphatic rings. The number of Topliss-reactive ketones (excluding diaryl/α,β-unsaturated/α-hetero) is 1. The maximum atomic E-state index is 12.8. The molecule has 0 aliphatic carbocycles. The molecule has 0 atom stereocenters. The quantitative estimate of drug-likeness (QED) is 0.657. The van der Waals surface area contributed by atoms with Gasteiger partial charge in [-0.05, 0) is 23.8 Å². The van der Waals surface area contributed by atoms with Crippen LogP contribution in [0.25, 0.3) is 0 Å². The molecule has 1 N–H and O–H groups in total. The minimum Gasteiger partial charge on any atom is -0.384 e. The van der Waals surface area contributed by atoms with Crippen molar-refractivity contribution < 1.29 is 9.18 Å². The summed E-state index contributed by atoms with van der Waals surface area (Å²) in [5.41, 5.74) is 1.65. The largest absolute Gasteiger partial charge is 0.384 e. The summed E-state index contributed by atoms with van der Waals surface area (Å²) < 4.78 is 12.8. The molecule has 2 rings (SSSR count). The Morgan fingerprint density at radius 2 is 2.23 bits per heavy atom. The number of benzene rings is 1. The molecule has 3 heteroatoms. The maximum absolute atomic E-state index is 12.8. The topological polar surface area (TPSA) is 29.1 Å². The molecule has 0 saturated carbocycles. The van der Waals surface area contributed by atoms with Gasteiger partial charge in [-0.1, -0.05) is 0 Å². The second-order valence-corrected chi connectivity index (χ2v) is 3.19. The molecule has 0 saturated heterocycles. The standard InChI is InChI=1S/C10H10FNO/c11-8-1-2-10-7(5-8)6-9(13)3-4-12-10/h1-2,5,12H,3-4,6H2. The minimum absolute atomic E-state index is 0.164. The van der Waals surface area contributed by atoms with E-state index in [-0.39, 0.29) is 11.6 Å². The van der Waals surface area contributed by atoms with Crippen molar-refractivity contribution in [2.45, 2.75) is 12.8 Å². The molecule has 0 unspecified atom stereocenters. The van der Waals surface area contributed by atoms with Gasteiger partial charge < -0.3 is 5.32 Å². The van der Waals surface area contributed by atoms with Crippen molar-refractivity contribution in [2.24, 2.45) is 0 Å². The van der Waals surface area contributed by atoms with Crippen molar-refractivity contribution in [1.29, 1.82) is 0 Å². The van der Waals surface area contributed by atoms with Crippen LogP contribution in [0.1, 0.15) is 12.0 Å². The van der Waals surface area contributed by atoms with Gasteiger partial charge in [0.15, 0.2) is 0 Å². The molecule has 1 heterocycles. The molecule has 1 aliphatic heterocycles. The van der Waals surface area contributed by atoms with Crippen LogP contribution in [0, 0.1) is 5.82 Å². The number of ketones is 1. The van der Waals surface area contributed by atoms with E-state index in [1.165, 1.54) is 12.1 Å². The molecule has 1 aromatic rings. The maximum Gasteiger partial charge on any atom is 0.139 e. The van der Waals surface area contributed by atoms with Gasteiger partial charge in [-0.2, -0.15) is 0 Å². The Kier molecular flexibility index (Phi) is 2.00. The minimum atomic E-state index is -0.282. The number of rotatable bonds is 0. The predicted octanol–water partition coefficient (Wildman–Crippen LogP) is 1.75. The highest BCUT2D eigenvalue weighted by atomic mass is 19.1. The zero-order chi connectivity index (χ0) is 9.26. The fourth-order valence-corrected chi connectivity index (χ4v) is 1.52. The van der Waals surface area contributed by atoms with E-state index in [0.717, 1.165) is 11.3 Å². The number of hydrogen-bond donors (Lipinski definition) is 1. The summed E-state index contributed by atoms with van der Waals surface area (Å²) in [6.45, 7) is 0.650. The van der Waals surface area contributed by atoms with E-state index in [1.54, 1.807) is 6.07 Å². The number of halogens is 1. The SMILES string of the molecule is O=C1CCNc2ccc(F)cc2C1. The summed E-state index contributed by atoms with van der Waals surface area (Å²) >= 11 is 0. The Hall–Kier alpha value is -1.38. The lowest BCUT2D eigenvalue weighted by Crippen LogP contribution is -2.03. The first kappa shape index (κ1) is 8.23. The average molecular weight is 179 g/mol. The lowest BCUT2D eigenvalue weighted by atomic mass is 10.1. The molecule has 0 aromatic heterocycles. The molecular formula is C10H10FNO. The molecule has 2 nitrogen and oxygen atoms in total. The predicted molar refractivity (Wildman–Crippen MR) is 48.2 cm³/mol. The first-order valence-corrected chi connectivity index (χ1v) is 4.30. The summed E-state index contributed by atoms with van der Waals surface area (Å²) in [7, 11) is 0. The van der Waals surface area contributed by atoms with Crippen LogP contribution in [-0.4, -0.2) is 12.3 Å². The highest BCUT2D eigenvalue weighted by Gasteiger charge is 2.12. The molecule has 13 heavy (non-hydrogen) atoms. The monoisotopic (exact) mass is 179 g/mol. The molecule has 0 bridgehead atoms. The molecule has 68 valence electrons. The van der Waals surface area contributed by atoms with Crippen LogP contribution in [0.5, 0.6) is 0 Å². The fraction of sp³-hybridized carbons (Fsp3) is 0.300. The Bertz CT molecular complexity index is 349. The number of hydrogen-bond acceptors (Lipinski definition) is 2. The lowest BCUT2D eigenvalue weighted by Gasteiger charge is -2.05. The highest BCUT2D eigenvalue weighted by Crippen LogP contribution is 2.20. The van der Waals surface area contributed by atoms with Crippen LogP contribution in [0.3, 0.4) is 0 Å². The Morgan fingerprint density at radius 1 is 1.38 bits per heavy atom. The third-order valence-corrected chi connectivity index (χ3v) is 2.17. The summed E-state index contributed by atoms with van der Waals surface area (Å²) in [5.74, 6) is -0.118. The van der Waals surface area contributed by atoms with E-state index < -0.39 is 0 Å². The Morgan fingerprint density at radius 3 is 3.08 bits per heavy atom. The van der Waals surface area contributed by atoms with Gasteiger partial charge in [-0.3, -0.25) is 4.79 Å². The average Bonchev–Trinajstić information content (AvgIpc) is 2.25. The fourth-order valence-electron chi connectivity index (χ4n) is 1.52. The van der Waals surface area contributed by atoms with Gasteiger partial charge in [-0.25, -0.2) is 4.39 Å². The van der Waals surface area contributed by atoms with Crippen molar-refractivity contribution >= 4 is 11.5 Å². The zero-order valence-corrected chi connectivity index (χ0v) is 7.14. The van der Waals surface area contributed by atoms with E-state index in [0.29, 0.717) is 19.4 Å². The second kappa shape index (κ2) is 3.17. The van der Waals surface area contributed by atoms with Gasteiger partial charge in [0.2, 0.25) is 0 Å². The highest BCUT2D eigenvalue weighted by molar-refractivity contribution is 5.84. The number of anilines is 1. The van der Waals surface area contributed by atoms with Crippen LogP contribution in [0.4, 0.5) is 10.1 Å². The van der Waals surface area contributed by atoms with Crippen molar-refractivity contribution in [3.63, 3.8) is 0 Å². The van der Waals surface area contributed by atoms with Crippen molar-refractivity contribution in [3.05, 3.63) is 29.6 Å². The second-order valence-electron chi connectivity index (χ2n) is 3.19. The van der Waals surface area contributed by atoms with Gasteiger partial charge in [0.1, 0.15) is 11.6 Å². The summed E-state index contributed by atoms with van der Waals surface area (Å²) in [6, 6.07) is 4.51. The summed E-state index contributed by atoms with van der Waals surface area (Å²) in [5, 5.41) is 3.10. The van der Waals surface area contributed by atoms with E-state index in [4.69, 9.17) is 0 Å². The van der Waals surface area contributed by atoms with Gasteiger partial charge >= 0.3 is 0 Å². The molecular weight excluding hydrogens is 169 g/mol. The van der Waals surface area contributed by atoms with Crippen LogP contribution in [0.15, 0.2) is 18.2 Å². The van der Waals surface area contributed by atoms with Crippen LogP contribution in [-0.2, 0) is 11.2 Å². The lowest BCUT2D eigenvalue weighted by molar-refractivity contribution is -0.118. The van der Waals surface area contributed by atoms with Crippen LogP contribution in [0.2, 0.25) is 0 Å². The smallest absolute Gasteiger partial charge is 0.139 e. The summed E-state index contributed by atoms with van der Waals surface area (Å²) in [6.07, 6.45) is 0.871. The molecule has 1 aromatic carbocycles. The number of carbonyl (C=O) groups excluding carboxylic acids is 1. The Labute approximate surface area is 75.8 Å². The van der Waals surface area contributed by atoms with Gasteiger partial charge in [0.05, 0.1) is 0 Å². The first-order valence-electron chi connectivity index (χ1n) is 4.30. The third kappa shape index (κ3) is 1.69. The van der Waals surface area contributed by atoms with E-state index in [1.807, 2.05) is 0 Å². The van der Waals surface area contributed by atoms with Crippen molar-refractivity contribution in [3.8, 4) is 0 Å². The third-order valence-electron chi connectivity index (χ3n) is 2.17. The van der Waals surface area contributed by atoms with Gasteiger partial charge in [0.25, 0.3) is 0 Å². The molecule has 0 fully saturated rings. The number of nitrogens with one attached hydrogen (secondary N) is 1. The van der Waals surface area contributed by atoms with E-state index in [9.17, 15) is 9.18 Å². The van der Waals surface area contributed by atoms with Gasteiger partial charge in [-0.15, -0.1) is 0 Å². The number of carbonyl (C=O) groups is 1. The Balaban J connectivity index is 2.40. The van der Waals surface area contributed by atoms with Crippen molar-refractivity contribution in [1.82, 2.24) is 0 Å². The van der Waals surface area contributed by atoms with E-state index in [2.05, 4.69) is 5.32 Å². The molecule has 0 radical (unpaired) electrons. The van der Waals surface area contributed by atoms with E-state index >= 15 is 0 Å². The van der Waals surface area contributed by atoms with Crippen LogP contribution < -0.4 is 5.32 Å². The van der Waals surface area contributed by atoms with Crippen molar-refractivity contribution in [2.75, 3.05) is 11.9 Å². The molecule has 0 spiro atoms. The zero-order valence-electron chi connectivity index (χ0n) is 7.14. The van der Waals surface area contributed by atoms with Gasteiger partial charge in [0, 0.05) is 25.1 Å². The normalized spacial score (nSPS) is 15.9.